The van der Waals surface area contributed by atoms with Crippen LogP contribution in [0.3, 0.4) is 0 Å². The van der Waals surface area contributed by atoms with Crippen LogP contribution in [-0.2, 0) is 6.54 Å². The van der Waals surface area contributed by atoms with Crippen LogP contribution in [0.4, 0.5) is 8.78 Å². The second-order valence-corrected chi connectivity index (χ2v) is 7.37. The summed E-state index contributed by atoms with van der Waals surface area (Å²) < 4.78 is 30.5. The molecule has 0 N–H and O–H groups in total. The van der Waals surface area contributed by atoms with Crippen molar-refractivity contribution in [2.45, 2.75) is 6.54 Å². The lowest BCUT2D eigenvalue weighted by Crippen LogP contribution is -2.16. The van der Waals surface area contributed by atoms with Crippen molar-refractivity contribution in [1.82, 2.24) is 9.55 Å². The van der Waals surface area contributed by atoms with Crippen molar-refractivity contribution in [3.63, 3.8) is 0 Å². The quantitative estimate of drug-likeness (QED) is 0.485. The second-order valence-electron chi connectivity index (χ2n) is 5.47. The van der Waals surface area contributed by atoms with Crippen molar-refractivity contribution in [3.05, 3.63) is 70.5 Å². The summed E-state index contributed by atoms with van der Waals surface area (Å²) in [5.41, 5.74) is 3.14. The minimum Gasteiger partial charge on any atom is -0.310 e. The molecule has 1 amide bonds. The molecule has 0 unspecified atom stereocenters. The Bertz CT molecular complexity index is 1240. The van der Waals surface area contributed by atoms with Gasteiger partial charge in [-0.3, -0.25) is 4.79 Å². The molecule has 2 aromatic heterocycles. The van der Waals surface area contributed by atoms with Gasteiger partial charge in [0.15, 0.2) is 10.6 Å². The minimum absolute atomic E-state index is 0.209. The van der Waals surface area contributed by atoms with Gasteiger partial charge in [-0.25, -0.2) is 13.8 Å². The average Bonchev–Trinajstić information content (AvgIpc) is 3.19. The van der Waals surface area contributed by atoms with E-state index in [9.17, 15) is 13.6 Å². The van der Waals surface area contributed by atoms with Crippen LogP contribution >= 0.6 is 22.7 Å². The Hall–Kier alpha value is -2.71. The van der Waals surface area contributed by atoms with Crippen molar-refractivity contribution < 1.29 is 13.6 Å². The molecule has 4 aromatic rings. The summed E-state index contributed by atoms with van der Waals surface area (Å²) in [6.07, 6.45) is 1.57. The standard InChI is InChI=1S/C18H11F2N3OS2/c1-2-5-23-16-12(20)7-11(19)8-15(16)26-18(23)22-17(24)10-3-4-13-14(6-10)25-9-21-13/h2-4,6-9H,1,5H2. The number of amides is 1. The van der Waals surface area contributed by atoms with Crippen LogP contribution in [0.5, 0.6) is 0 Å². The van der Waals surface area contributed by atoms with E-state index in [2.05, 4.69) is 16.6 Å². The minimum atomic E-state index is -0.696. The van der Waals surface area contributed by atoms with Gasteiger partial charge in [-0.1, -0.05) is 17.4 Å². The van der Waals surface area contributed by atoms with Gasteiger partial charge in [0.05, 0.1) is 25.9 Å². The normalized spacial score (nSPS) is 12.2. The van der Waals surface area contributed by atoms with Gasteiger partial charge in [0.2, 0.25) is 0 Å². The van der Waals surface area contributed by atoms with Gasteiger partial charge in [0.1, 0.15) is 5.82 Å². The van der Waals surface area contributed by atoms with Crippen LogP contribution in [0, 0.1) is 11.6 Å². The largest absolute Gasteiger partial charge is 0.310 e. The SMILES string of the molecule is C=CCn1c(=NC(=O)c2ccc3ncsc3c2)sc2cc(F)cc(F)c21. The topological polar surface area (TPSA) is 47.2 Å². The third kappa shape index (κ3) is 2.87. The highest BCUT2D eigenvalue weighted by Gasteiger charge is 2.14. The molecule has 0 saturated heterocycles. The molecule has 0 bridgehead atoms. The Labute approximate surface area is 154 Å². The van der Waals surface area contributed by atoms with E-state index in [1.807, 2.05) is 0 Å². The molecular formula is C18H11F2N3OS2. The van der Waals surface area contributed by atoms with E-state index < -0.39 is 17.5 Å². The molecular weight excluding hydrogens is 376 g/mol. The van der Waals surface area contributed by atoms with Crippen LogP contribution in [0.25, 0.3) is 20.4 Å². The molecule has 26 heavy (non-hydrogen) atoms. The zero-order chi connectivity index (χ0) is 18.3. The van der Waals surface area contributed by atoms with Gasteiger partial charge in [-0.2, -0.15) is 4.99 Å². The monoisotopic (exact) mass is 387 g/mol. The Morgan fingerprint density at radius 3 is 2.92 bits per heavy atom. The van der Waals surface area contributed by atoms with Crippen LogP contribution < -0.4 is 4.80 Å². The Balaban J connectivity index is 1.88. The maximum Gasteiger partial charge on any atom is 0.279 e. The van der Waals surface area contributed by atoms with Gasteiger partial charge in [0.25, 0.3) is 5.91 Å². The maximum atomic E-state index is 14.2. The summed E-state index contributed by atoms with van der Waals surface area (Å²) in [4.78, 5) is 21.2. The molecule has 0 saturated carbocycles. The zero-order valence-corrected chi connectivity index (χ0v) is 14.9. The number of carbonyl (C=O) groups excluding carboxylic acids is 1. The van der Waals surface area contributed by atoms with Crippen molar-refractivity contribution in [3.8, 4) is 0 Å². The van der Waals surface area contributed by atoms with E-state index in [1.54, 1.807) is 29.8 Å². The first-order valence-electron chi connectivity index (χ1n) is 7.58. The molecule has 0 aliphatic rings. The predicted molar refractivity (Wildman–Crippen MR) is 99.4 cm³/mol. The smallest absolute Gasteiger partial charge is 0.279 e. The van der Waals surface area contributed by atoms with E-state index in [1.165, 1.54) is 22.0 Å². The van der Waals surface area contributed by atoms with Crippen molar-refractivity contribution in [2.75, 3.05) is 0 Å². The van der Waals surface area contributed by atoms with Gasteiger partial charge in [0, 0.05) is 18.2 Å². The molecule has 0 radical (unpaired) electrons. The fraction of sp³-hybridized carbons (Fsp3) is 0.0556. The van der Waals surface area contributed by atoms with Crippen molar-refractivity contribution >= 4 is 49.0 Å². The van der Waals surface area contributed by atoms with Gasteiger partial charge < -0.3 is 4.57 Å². The molecule has 4 rings (SSSR count). The average molecular weight is 387 g/mol. The van der Waals surface area contributed by atoms with E-state index in [0.29, 0.717) is 15.1 Å². The number of hydrogen-bond acceptors (Lipinski definition) is 4. The number of benzene rings is 2. The van der Waals surface area contributed by atoms with E-state index >= 15 is 0 Å². The van der Waals surface area contributed by atoms with Crippen LogP contribution in [0.1, 0.15) is 10.4 Å². The lowest BCUT2D eigenvalue weighted by Gasteiger charge is -2.02. The lowest BCUT2D eigenvalue weighted by atomic mass is 10.2. The zero-order valence-electron chi connectivity index (χ0n) is 13.3. The fourth-order valence-corrected chi connectivity index (χ4v) is 4.45. The highest BCUT2D eigenvalue weighted by atomic mass is 32.1. The Kier molecular flexibility index (Phi) is 4.21. The van der Waals surface area contributed by atoms with Crippen molar-refractivity contribution in [1.29, 1.82) is 0 Å². The third-order valence-corrected chi connectivity index (χ3v) is 5.60. The number of nitrogens with zero attached hydrogens (tertiary/aromatic N) is 3. The number of carbonyl (C=O) groups is 1. The Morgan fingerprint density at radius 2 is 2.12 bits per heavy atom. The van der Waals surface area contributed by atoms with E-state index in [-0.39, 0.29) is 12.1 Å². The highest BCUT2D eigenvalue weighted by Crippen LogP contribution is 2.23. The molecule has 4 nitrogen and oxygen atoms in total. The molecule has 0 atom stereocenters. The highest BCUT2D eigenvalue weighted by molar-refractivity contribution is 7.17. The number of allylic oxidation sites excluding steroid dienone is 1. The summed E-state index contributed by atoms with van der Waals surface area (Å²) in [7, 11) is 0. The molecule has 130 valence electrons. The Morgan fingerprint density at radius 1 is 1.27 bits per heavy atom. The van der Waals surface area contributed by atoms with Crippen LogP contribution in [0.2, 0.25) is 0 Å². The molecule has 2 heterocycles. The molecule has 2 aromatic carbocycles. The number of thiazole rings is 2. The number of halogens is 2. The summed E-state index contributed by atoms with van der Waals surface area (Å²) in [6.45, 7) is 3.90. The summed E-state index contributed by atoms with van der Waals surface area (Å²) >= 11 is 2.49. The first kappa shape index (κ1) is 16.7. The summed E-state index contributed by atoms with van der Waals surface area (Å²) in [5, 5.41) is 0. The first-order chi connectivity index (χ1) is 12.6. The number of fused-ring (bicyclic) bond motifs is 2. The molecule has 0 spiro atoms. The molecule has 0 fully saturated rings. The van der Waals surface area contributed by atoms with Gasteiger partial charge in [-0.15, -0.1) is 17.9 Å². The number of hydrogen-bond donors (Lipinski definition) is 0. The van der Waals surface area contributed by atoms with Crippen molar-refractivity contribution in [2.24, 2.45) is 4.99 Å². The summed E-state index contributed by atoms with van der Waals surface area (Å²) in [6, 6.07) is 7.18. The van der Waals surface area contributed by atoms with Gasteiger partial charge >= 0.3 is 0 Å². The first-order valence-corrected chi connectivity index (χ1v) is 9.28. The molecule has 0 aliphatic heterocycles. The number of aromatic nitrogens is 2. The van der Waals surface area contributed by atoms with E-state index in [0.717, 1.165) is 27.6 Å². The molecule has 0 aliphatic carbocycles. The van der Waals surface area contributed by atoms with Crippen LogP contribution in [0.15, 0.2) is 53.5 Å². The number of rotatable bonds is 3. The van der Waals surface area contributed by atoms with Gasteiger partial charge in [-0.05, 0) is 24.3 Å². The third-order valence-electron chi connectivity index (χ3n) is 3.78. The maximum absolute atomic E-state index is 14.2. The lowest BCUT2D eigenvalue weighted by molar-refractivity contribution is 0.0998. The van der Waals surface area contributed by atoms with E-state index in [4.69, 9.17) is 0 Å². The predicted octanol–water partition coefficient (Wildman–Crippen LogP) is 4.52. The second kappa shape index (κ2) is 6.54. The summed E-state index contributed by atoms with van der Waals surface area (Å²) in [5.74, 6) is -1.82. The molecule has 8 heteroatoms. The van der Waals surface area contributed by atoms with Crippen LogP contribution in [-0.4, -0.2) is 15.5 Å². The fourth-order valence-electron chi connectivity index (χ4n) is 2.65.